The molecule has 1 aliphatic heterocycles. The monoisotopic (exact) mass is 344 g/mol. The Hall–Kier alpha value is -1.66. The minimum Gasteiger partial charge on any atom is -0.493 e. The van der Waals surface area contributed by atoms with E-state index in [0.717, 1.165) is 25.9 Å². The van der Waals surface area contributed by atoms with Gasteiger partial charge in [0, 0.05) is 6.42 Å². The van der Waals surface area contributed by atoms with Crippen LogP contribution < -0.4 is 24.8 Å². The minimum absolute atomic E-state index is 0. The summed E-state index contributed by atoms with van der Waals surface area (Å²) in [6, 6.07) is 3.51. The van der Waals surface area contributed by atoms with Crippen LogP contribution in [0.2, 0.25) is 0 Å². The van der Waals surface area contributed by atoms with Crippen molar-refractivity contribution in [2.24, 2.45) is 5.92 Å². The van der Waals surface area contributed by atoms with Crippen molar-refractivity contribution in [2.75, 3.05) is 39.7 Å². The van der Waals surface area contributed by atoms with Crippen molar-refractivity contribution in [3.05, 3.63) is 12.1 Å². The Balaban J connectivity index is 0.00000264. The summed E-state index contributed by atoms with van der Waals surface area (Å²) in [6.45, 7) is 2.06. The van der Waals surface area contributed by atoms with Crippen molar-refractivity contribution >= 4 is 24.0 Å². The van der Waals surface area contributed by atoms with E-state index in [4.69, 9.17) is 14.2 Å². The van der Waals surface area contributed by atoms with E-state index >= 15 is 0 Å². The lowest BCUT2D eigenvalue weighted by Gasteiger charge is -2.16. The number of carbonyl (C=O) groups excluding carboxylic acids is 1. The van der Waals surface area contributed by atoms with E-state index in [2.05, 4.69) is 10.6 Å². The molecular formula is C16H25ClN2O4. The second-order valence-electron chi connectivity index (χ2n) is 5.33. The fraction of sp³-hybridized carbons (Fsp3) is 0.562. The predicted octanol–water partition coefficient (Wildman–Crippen LogP) is 2.46. The smallest absolute Gasteiger partial charge is 0.224 e. The third kappa shape index (κ3) is 4.91. The highest BCUT2D eigenvalue weighted by Crippen LogP contribution is 2.42. The molecule has 1 amide bonds. The van der Waals surface area contributed by atoms with Crippen LogP contribution >= 0.6 is 12.4 Å². The molecule has 7 heteroatoms. The van der Waals surface area contributed by atoms with Gasteiger partial charge in [0.05, 0.1) is 27.0 Å². The highest BCUT2D eigenvalue weighted by atomic mass is 35.5. The molecule has 0 aliphatic carbocycles. The van der Waals surface area contributed by atoms with Crippen molar-refractivity contribution in [1.82, 2.24) is 5.32 Å². The molecule has 1 aromatic rings. The molecule has 1 unspecified atom stereocenters. The van der Waals surface area contributed by atoms with Gasteiger partial charge in [-0.1, -0.05) is 0 Å². The molecule has 0 radical (unpaired) electrons. The lowest BCUT2D eigenvalue weighted by atomic mass is 10.0. The molecule has 23 heavy (non-hydrogen) atoms. The number of carbonyl (C=O) groups is 1. The summed E-state index contributed by atoms with van der Waals surface area (Å²) < 4.78 is 15.9. The van der Waals surface area contributed by atoms with E-state index in [0.29, 0.717) is 35.3 Å². The van der Waals surface area contributed by atoms with Crippen LogP contribution in [0.3, 0.4) is 0 Å². The SMILES string of the molecule is COc1ccc(NC(=O)CCC2CCNC2)c(OC)c1OC.Cl. The molecule has 0 spiro atoms. The first-order chi connectivity index (χ1) is 10.7. The van der Waals surface area contributed by atoms with Gasteiger partial charge >= 0.3 is 0 Å². The number of nitrogens with one attached hydrogen (secondary N) is 2. The third-order valence-electron chi connectivity index (χ3n) is 3.92. The van der Waals surface area contributed by atoms with E-state index in [-0.39, 0.29) is 18.3 Å². The van der Waals surface area contributed by atoms with Crippen molar-refractivity contribution < 1.29 is 19.0 Å². The van der Waals surface area contributed by atoms with Crippen LogP contribution in [-0.4, -0.2) is 40.3 Å². The largest absolute Gasteiger partial charge is 0.493 e. The molecule has 1 heterocycles. The van der Waals surface area contributed by atoms with Crippen LogP contribution in [-0.2, 0) is 4.79 Å². The third-order valence-corrected chi connectivity index (χ3v) is 3.92. The average molecular weight is 345 g/mol. The highest BCUT2D eigenvalue weighted by Gasteiger charge is 2.19. The zero-order valence-corrected chi connectivity index (χ0v) is 14.6. The molecule has 6 nitrogen and oxygen atoms in total. The number of ether oxygens (including phenoxy) is 3. The summed E-state index contributed by atoms with van der Waals surface area (Å²) in [4.78, 5) is 12.1. The van der Waals surface area contributed by atoms with E-state index < -0.39 is 0 Å². The molecule has 0 saturated carbocycles. The van der Waals surface area contributed by atoms with Gasteiger partial charge in [0.1, 0.15) is 0 Å². The van der Waals surface area contributed by atoms with Crippen molar-refractivity contribution in [3.63, 3.8) is 0 Å². The van der Waals surface area contributed by atoms with Gasteiger partial charge in [-0.3, -0.25) is 4.79 Å². The molecule has 2 rings (SSSR count). The Morgan fingerprint density at radius 3 is 2.52 bits per heavy atom. The van der Waals surface area contributed by atoms with E-state index in [1.54, 1.807) is 26.4 Å². The Morgan fingerprint density at radius 2 is 1.96 bits per heavy atom. The fourth-order valence-electron chi connectivity index (χ4n) is 2.71. The molecule has 130 valence electrons. The van der Waals surface area contributed by atoms with Crippen LogP contribution in [0, 0.1) is 5.92 Å². The van der Waals surface area contributed by atoms with Gasteiger partial charge in [-0.05, 0) is 44.0 Å². The standard InChI is InChI=1S/C16H24N2O4.ClH/c1-20-13-6-5-12(15(21-2)16(13)22-3)18-14(19)7-4-11-8-9-17-10-11;/h5-6,11,17H,4,7-10H2,1-3H3,(H,18,19);1H. The number of hydrogen-bond acceptors (Lipinski definition) is 5. The summed E-state index contributed by atoms with van der Waals surface area (Å²) in [6.07, 6.45) is 2.55. The van der Waals surface area contributed by atoms with Crippen molar-refractivity contribution in [3.8, 4) is 17.2 Å². The van der Waals surface area contributed by atoms with Gasteiger partial charge in [0.2, 0.25) is 11.7 Å². The van der Waals surface area contributed by atoms with Gasteiger partial charge in [-0.25, -0.2) is 0 Å². The first kappa shape index (κ1) is 19.4. The molecule has 1 aromatic carbocycles. The van der Waals surface area contributed by atoms with Gasteiger partial charge in [0.25, 0.3) is 0 Å². The Kier molecular flexibility index (Phi) is 7.98. The fourth-order valence-corrected chi connectivity index (χ4v) is 2.71. The second kappa shape index (κ2) is 9.47. The summed E-state index contributed by atoms with van der Waals surface area (Å²) in [5.41, 5.74) is 0.592. The molecule has 0 aromatic heterocycles. The molecule has 1 aliphatic rings. The van der Waals surface area contributed by atoms with Crippen LogP contribution in [0.15, 0.2) is 12.1 Å². The van der Waals surface area contributed by atoms with E-state index in [1.807, 2.05) is 0 Å². The summed E-state index contributed by atoms with van der Waals surface area (Å²) in [5.74, 6) is 2.09. The maximum absolute atomic E-state index is 12.1. The Bertz CT molecular complexity index is 519. The Morgan fingerprint density at radius 1 is 1.22 bits per heavy atom. The zero-order valence-electron chi connectivity index (χ0n) is 13.8. The number of amides is 1. The number of rotatable bonds is 7. The normalized spacial score (nSPS) is 16.4. The molecule has 1 saturated heterocycles. The first-order valence-corrected chi connectivity index (χ1v) is 7.49. The number of hydrogen-bond donors (Lipinski definition) is 2. The summed E-state index contributed by atoms with van der Waals surface area (Å²) in [5, 5.41) is 6.20. The van der Waals surface area contributed by atoms with Gasteiger partial charge in [-0.2, -0.15) is 0 Å². The molecular weight excluding hydrogens is 320 g/mol. The number of methoxy groups -OCH3 is 3. The maximum Gasteiger partial charge on any atom is 0.224 e. The maximum atomic E-state index is 12.1. The van der Waals surface area contributed by atoms with E-state index in [1.165, 1.54) is 7.11 Å². The van der Waals surface area contributed by atoms with Crippen LogP contribution in [0.4, 0.5) is 5.69 Å². The van der Waals surface area contributed by atoms with Crippen LogP contribution in [0.1, 0.15) is 19.3 Å². The summed E-state index contributed by atoms with van der Waals surface area (Å²) >= 11 is 0. The number of anilines is 1. The lowest BCUT2D eigenvalue weighted by molar-refractivity contribution is -0.116. The lowest BCUT2D eigenvalue weighted by Crippen LogP contribution is -2.15. The van der Waals surface area contributed by atoms with Crippen molar-refractivity contribution in [1.29, 1.82) is 0 Å². The summed E-state index contributed by atoms with van der Waals surface area (Å²) in [7, 11) is 4.64. The van der Waals surface area contributed by atoms with Gasteiger partial charge in [0.15, 0.2) is 11.5 Å². The first-order valence-electron chi connectivity index (χ1n) is 7.49. The van der Waals surface area contributed by atoms with Crippen LogP contribution in [0.5, 0.6) is 17.2 Å². The van der Waals surface area contributed by atoms with E-state index in [9.17, 15) is 4.79 Å². The average Bonchev–Trinajstić information content (AvgIpc) is 3.05. The predicted molar refractivity (Wildman–Crippen MR) is 92.2 cm³/mol. The van der Waals surface area contributed by atoms with Gasteiger partial charge in [-0.15, -0.1) is 12.4 Å². The van der Waals surface area contributed by atoms with Crippen LogP contribution in [0.25, 0.3) is 0 Å². The quantitative estimate of drug-likeness (QED) is 0.795. The highest BCUT2D eigenvalue weighted by molar-refractivity contribution is 5.93. The Labute approximate surface area is 143 Å². The zero-order chi connectivity index (χ0) is 15.9. The van der Waals surface area contributed by atoms with Gasteiger partial charge < -0.3 is 24.8 Å². The minimum atomic E-state index is -0.0163. The molecule has 1 atom stereocenters. The number of benzene rings is 1. The molecule has 2 N–H and O–H groups in total. The second-order valence-corrected chi connectivity index (χ2v) is 5.33. The molecule has 1 fully saturated rings. The topological polar surface area (TPSA) is 68.8 Å². The van der Waals surface area contributed by atoms with Crippen molar-refractivity contribution in [2.45, 2.75) is 19.3 Å². The molecule has 0 bridgehead atoms. The number of halogens is 1.